The molecule has 0 aromatic rings. The summed E-state index contributed by atoms with van der Waals surface area (Å²) < 4.78 is 12.8. The first-order valence-corrected chi connectivity index (χ1v) is 9.52. The minimum absolute atomic E-state index is 0.00123. The molecular weight excluding hydrogens is 332 g/mol. The first-order chi connectivity index (χ1) is 12.2. The molecule has 5 heteroatoms. The van der Waals surface area contributed by atoms with Gasteiger partial charge in [0.05, 0.1) is 18.3 Å². The number of rotatable bonds is 5. The van der Waals surface area contributed by atoms with E-state index in [-0.39, 0.29) is 30.0 Å². The van der Waals surface area contributed by atoms with E-state index in [4.69, 9.17) is 14.6 Å². The lowest BCUT2D eigenvalue weighted by Crippen LogP contribution is -2.60. The molecule has 2 rings (SSSR count). The van der Waals surface area contributed by atoms with Gasteiger partial charge in [0, 0.05) is 29.7 Å². The summed E-state index contributed by atoms with van der Waals surface area (Å²) in [5.41, 5.74) is 0. The predicted molar refractivity (Wildman–Crippen MR) is 100 cm³/mol. The highest BCUT2D eigenvalue weighted by Crippen LogP contribution is 2.45. The van der Waals surface area contributed by atoms with Crippen molar-refractivity contribution >= 4 is 5.97 Å². The fourth-order valence-electron chi connectivity index (χ4n) is 4.01. The number of carboxylic acids is 1. The van der Waals surface area contributed by atoms with Gasteiger partial charge in [-0.05, 0) is 19.4 Å². The predicted octanol–water partition coefficient (Wildman–Crippen LogP) is 3.55. The van der Waals surface area contributed by atoms with E-state index in [1.165, 1.54) is 6.08 Å². The molecule has 8 atom stereocenters. The molecule has 5 nitrogen and oxygen atoms in total. The third-order valence-electron chi connectivity index (χ3n) is 5.83. The summed E-state index contributed by atoms with van der Waals surface area (Å²) in [6, 6.07) is 0. The molecule has 0 unspecified atom stereocenters. The van der Waals surface area contributed by atoms with Gasteiger partial charge in [-0.3, -0.25) is 0 Å². The number of hydrogen-bond donors (Lipinski definition) is 2. The lowest BCUT2D eigenvalue weighted by molar-refractivity contribution is -0.334. The van der Waals surface area contributed by atoms with Crippen molar-refractivity contribution in [2.24, 2.45) is 23.7 Å². The maximum absolute atomic E-state index is 10.8. The zero-order valence-electron chi connectivity index (χ0n) is 16.3. The Bertz CT molecular complexity index is 581. The van der Waals surface area contributed by atoms with Gasteiger partial charge in [-0.1, -0.05) is 52.0 Å². The number of carbonyl (C=O) groups is 1. The van der Waals surface area contributed by atoms with Crippen LogP contribution in [0.15, 0.2) is 36.5 Å². The van der Waals surface area contributed by atoms with Crippen LogP contribution in [0, 0.1) is 23.7 Å². The highest BCUT2D eigenvalue weighted by atomic mass is 16.7. The summed E-state index contributed by atoms with van der Waals surface area (Å²) in [6.45, 7) is 10.1. The summed E-state index contributed by atoms with van der Waals surface area (Å²) in [5.74, 6) is -1.78. The van der Waals surface area contributed by atoms with E-state index in [2.05, 4.69) is 19.9 Å². The molecule has 146 valence electrons. The summed E-state index contributed by atoms with van der Waals surface area (Å²) in [4.78, 5) is 10.6. The fourth-order valence-corrected chi connectivity index (χ4v) is 4.01. The van der Waals surface area contributed by atoms with Crippen LogP contribution in [0.25, 0.3) is 0 Å². The molecule has 1 spiro atoms. The van der Waals surface area contributed by atoms with Gasteiger partial charge < -0.3 is 19.7 Å². The lowest BCUT2D eigenvalue weighted by Gasteiger charge is -2.53. The third kappa shape index (κ3) is 4.27. The van der Waals surface area contributed by atoms with E-state index in [9.17, 15) is 9.90 Å². The maximum atomic E-state index is 10.8. The molecule has 26 heavy (non-hydrogen) atoms. The maximum Gasteiger partial charge on any atom is 0.328 e. The van der Waals surface area contributed by atoms with Gasteiger partial charge in [0.1, 0.15) is 0 Å². The van der Waals surface area contributed by atoms with Gasteiger partial charge in [0.25, 0.3) is 0 Å². The van der Waals surface area contributed by atoms with Crippen molar-refractivity contribution in [3.05, 3.63) is 36.5 Å². The Balaban J connectivity index is 2.22. The largest absolute Gasteiger partial charge is 0.478 e. The summed E-state index contributed by atoms with van der Waals surface area (Å²) in [7, 11) is 0. The van der Waals surface area contributed by atoms with Gasteiger partial charge in [-0.2, -0.15) is 0 Å². The van der Waals surface area contributed by atoms with E-state index in [1.807, 2.05) is 32.9 Å². The summed E-state index contributed by atoms with van der Waals surface area (Å²) >= 11 is 0. The minimum Gasteiger partial charge on any atom is -0.478 e. The van der Waals surface area contributed by atoms with Crippen molar-refractivity contribution in [1.82, 2.24) is 0 Å². The van der Waals surface area contributed by atoms with Gasteiger partial charge >= 0.3 is 5.97 Å². The van der Waals surface area contributed by atoms with Crippen molar-refractivity contribution in [3.8, 4) is 0 Å². The van der Waals surface area contributed by atoms with Crippen molar-refractivity contribution in [2.45, 2.75) is 65.1 Å². The van der Waals surface area contributed by atoms with Crippen LogP contribution in [0.3, 0.4) is 0 Å². The Morgan fingerprint density at radius 2 is 1.96 bits per heavy atom. The summed E-state index contributed by atoms with van der Waals surface area (Å²) in [6.07, 6.45) is 10.6. The highest BCUT2D eigenvalue weighted by molar-refractivity contribution is 5.80. The molecule has 1 saturated heterocycles. The van der Waals surface area contributed by atoms with Gasteiger partial charge in [-0.25, -0.2) is 4.79 Å². The minimum atomic E-state index is -0.979. The Labute approximate surface area is 156 Å². The monoisotopic (exact) mass is 364 g/mol. The van der Waals surface area contributed by atoms with Crippen LogP contribution in [-0.4, -0.2) is 40.3 Å². The first-order valence-electron chi connectivity index (χ1n) is 9.52. The number of carboxylic acid groups (broad SMARTS) is 1. The van der Waals surface area contributed by atoms with E-state index in [0.29, 0.717) is 5.92 Å². The summed E-state index contributed by atoms with van der Waals surface area (Å²) in [5, 5.41) is 19.5. The van der Waals surface area contributed by atoms with Crippen LogP contribution in [0.4, 0.5) is 0 Å². The van der Waals surface area contributed by atoms with E-state index in [0.717, 1.165) is 12.5 Å². The van der Waals surface area contributed by atoms with E-state index < -0.39 is 17.9 Å². The Hall–Kier alpha value is -1.43. The standard InChI is InChI=1S/C21H32O5/c1-6-17-11-12-21(25-16(17)5)15(4)19(24)14(3)20(26-21)13(2)9-7-8-10-18(22)23/h7-17,19-20,24H,6H2,1-5H3,(H,22,23)/b9-7+,10-8+/t13-,14-,15+,16+,17-,19+,20-,21-/m0/s1. The highest BCUT2D eigenvalue weighted by Gasteiger charge is 2.53. The number of ether oxygens (including phenoxy) is 2. The average Bonchev–Trinajstić information content (AvgIpc) is 2.60. The number of aliphatic hydroxyl groups is 1. The van der Waals surface area contributed by atoms with Crippen LogP contribution >= 0.6 is 0 Å². The molecular formula is C21H32O5. The fraction of sp³-hybridized carbons (Fsp3) is 0.667. The topological polar surface area (TPSA) is 76.0 Å². The van der Waals surface area contributed by atoms with Gasteiger partial charge in [0.15, 0.2) is 5.79 Å². The molecule has 0 radical (unpaired) electrons. The van der Waals surface area contributed by atoms with Crippen molar-refractivity contribution in [1.29, 1.82) is 0 Å². The molecule has 2 N–H and O–H groups in total. The van der Waals surface area contributed by atoms with Gasteiger partial charge in [0.2, 0.25) is 0 Å². The third-order valence-corrected chi connectivity index (χ3v) is 5.83. The van der Waals surface area contributed by atoms with Crippen LogP contribution in [-0.2, 0) is 14.3 Å². The Morgan fingerprint density at radius 3 is 2.54 bits per heavy atom. The van der Waals surface area contributed by atoms with E-state index in [1.54, 1.807) is 6.08 Å². The molecule has 0 bridgehead atoms. The van der Waals surface area contributed by atoms with Crippen molar-refractivity contribution in [2.75, 3.05) is 0 Å². The second-order valence-electron chi connectivity index (χ2n) is 7.64. The number of aliphatic carboxylic acids is 1. The average molecular weight is 364 g/mol. The Kier molecular flexibility index (Phi) is 6.83. The Morgan fingerprint density at radius 1 is 1.27 bits per heavy atom. The number of aliphatic hydroxyl groups excluding tert-OH is 1. The second kappa shape index (κ2) is 8.51. The molecule has 0 aliphatic carbocycles. The molecule has 2 heterocycles. The zero-order valence-corrected chi connectivity index (χ0v) is 16.3. The first kappa shape index (κ1) is 20.9. The molecule has 0 saturated carbocycles. The van der Waals surface area contributed by atoms with Crippen LogP contribution in [0.5, 0.6) is 0 Å². The zero-order chi connectivity index (χ0) is 19.5. The van der Waals surface area contributed by atoms with Crippen LogP contribution in [0.1, 0.15) is 41.0 Å². The van der Waals surface area contributed by atoms with E-state index >= 15 is 0 Å². The van der Waals surface area contributed by atoms with Crippen LogP contribution in [0.2, 0.25) is 0 Å². The van der Waals surface area contributed by atoms with Crippen LogP contribution < -0.4 is 0 Å². The molecule has 0 amide bonds. The van der Waals surface area contributed by atoms with Crippen molar-refractivity contribution in [3.63, 3.8) is 0 Å². The normalized spacial score (nSPS) is 41.9. The molecule has 0 aromatic carbocycles. The second-order valence-corrected chi connectivity index (χ2v) is 7.64. The van der Waals surface area contributed by atoms with Crippen molar-refractivity contribution < 1.29 is 24.5 Å². The lowest BCUT2D eigenvalue weighted by atomic mass is 9.76. The molecule has 2 aliphatic heterocycles. The smallest absolute Gasteiger partial charge is 0.328 e. The number of allylic oxidation sites excluding steroid dienone is 2. The SMILES string of the molecule is CC[C@H]1C=C[C@@]2(O[C@@H]([C@@H](C)/C=C/C=C/C(=O)O)[C@@H](C)[C@@H](O)[C@H]2C)O[C@@H]1C. The molecule has 1 fully saturated rings. The molecule has 2 aliphatic rings. The molecule has 0 aromatic heterocycles. The quantitative estimate of drug-likeness (QED) is 0.443. The number of hydrogen-bond acceptors (Lipinski definition) is 4. The van der Waals surface area contributed by atoms with Gasteiger partial charge in [-0.15, -0.1) is 0 Å².